The number of hydrogen-bond acceptors (Lipinski definition) is 3. The molecule has 1 fully saturated rings. The Labute approximate surface area is 117 Å². The molecule has 3 N–H and O–H groups in total. The molecule has 1 aromatic carbocycles. The van der Waals surface area contributed by atoms with Gasteiger partial charge in [0.05, 0.1) is 5.69 Å². The summed E-state index contributed by atoms with van der Waals surface area (Å²) in [6.45, 7) is 0. The molecule has 2 rings (SSSR count). The van der Waals surface area contributed by atoms with Crippen molar-refractivity contribution in [1.82, 2.24) is 0 Å². The Balaban J connectivity index is 2.27. The molecule has 0 spiro atoms. The summed E-state index contributed by atoms with van der Waals surface area (Å²) in [6.07, 6.45) is 3.73. The molecule has 1 aromatic rings. The third-order valence-electron chi connectivity index (χ3n) is 3.23. The van der Waals surface area contributed by atoms with E-state index in [1.807, 2.05) is 0 Å². The van der Waals surface area contributed by atoms with E-state index in [9.17, 15) is 13.2 Å². The monoisotopic (exact) mass is 302 g/mol. The van der Waals surface area contributed by atoms with Crippen LogP contribution in [0.3, 0.4) is 0 Å². The topological polar surface area (TPSA) is 89.3 Å². The van der Waals surface area contributed by atoms with Crippen molar-refractivity contribution in [2.45, 2.75) is 30.6 Å². The maximum atomic E-state index is 12.0. The molecule has 1 aliphatic rings. The Morgan fingerprint density at radius 2 is 1.95 bits per heavy atom. The smallest absolute Gasteiger partial charge is 0.240 e. The Bertz CT molecular complexity index is 595. The van der Waals surface area contributed by atoms with E-state index in [1.165, 1.54) is 18.2 Å². The van der Waals surface area contributed by atoms with E-state index in [4.69, 9.17) is 16.7 Å². The molecular weight excluding hydrogens is 288 g/mol. The molecule has 0 saturated heterocycles. The van der Waals surface area contributed by atoms with Gasteiger partial charge in [-0.25, -0.2) is 13.6 Å². The molecule has 104 valence electrons. The van der Waals surface area contributed by atoms with Gasteiger partial charge in [0.1, 0.15) is 4.90 Å². The maximum Gasteiger partial charge on any atom is 0.240 e. The van der Waals surface area contributed by atoms with Gasteiger partial charge in [-0.15, -0.1) is 0 Å². The van der Waals surface area contributed by atoms with Crippen molar-refractivity contribution in [3.05, 3.63) is 23.2 Å². The summed E-state index contributed by atoms with van der Waals surface area (Å²) in [5, 5.41) is 8.00. The summed E-state index contributed by atoms with van der Waals surface area (Å²) in [5.41, 5.74) is 0.184. The molecule has 0 aromatic heterocycles. The van der Waals surface area contributed by atoms with Gasteiger partial charge in [-0.1, -0.05) is 24.4 Å². The molecule has 0 atom stereocenters. The van der Waals surface area contributed by atoms with Crippen LogP contribution in [0.1, 0.15) is 25.7 Å². The minimum absolute atomic E-state index is 0.0518. The first-order valence-electron chi connectivity index (χ1n) is 6.01. The zero-order chi connectivity index (χ0) is 14.0. The zero-order valence-electron chi connectivity index (χ0n) is 10.2. The molecular formula is C12H15ClN2O3S. The van der Waals surface area contributed by atoms with Crippen LogP contribution in [0.15, 0.2) is 23.1 Å². The average Bonchev–Trinajstić information content (AvgIpc) is 2.83. The fourth-order valence-corrected chi connectivity index (χ4v) is 3.21. The van der Waals surface area contributed by atoms with E-state index in [0.29, 0.717) is 0 Å². The van der Waals surface area contributed by atoms with Crippen molar-refractivity contribution < 1.29 is 13.2 Å². The van der Waals surface area contributed by atoms with Gasteiger partial charge < -0.3 is 5.32 Å². The number of hydrogen-bond donors (Lipinski definition) is 2. The number of anilines is 1. The number of halogens is 1. The summed E-state index contributed by atoms with van der Waals surface area (Å²) in [7, 11) is -3.92. The molecule has 0 radical (unpaired) electrons. The number of nitrogens with two attached hydrogens (primary N) is 1. The average molecular weight is 303 g/mol. The standard InChI is InChI=1S/C12H15ClN2O3S/c13-9-5-6-10(11(7-9)19(14,17)18)15-12(16)8-3-1-2-4-8/h5-8H,1-4H2,(H,15,16)(H2,14,17,18). The predicted molar refractivity (Wildman–Crippen MR) is 73.4 cm³/mol. The van der Waals surface area contributed by atoms with Gasteiger partial charge in [0, 0.05) is 10.9 Å². The zero-order valence-corrected chi connectivity index (χ0v) is 11.8. The Hall–Kier alpha value is -1.11. The summed E-state index contributed by atoms with van der Waals surface area (Å²) < 4.78 is 23.0. The maximum absolute atomic E-state index is 12.0. The molecule has 1 amide bonds. The van der Waals surface area contributed by atoms with E-state index in [2.05, 4.69) is 5.32 Å². The van der Waals surface area contributed by atoms with Crippen molar-refractivity contribution in [2.24, 2.45) is 11.1 Å². The van der Waals surface area contributed by atoms with Crippen LogP contribution in [0.25, 0.3) is 0 Å². The normalized spacial score (nSPS) is 16.5. The quantitative estimate of drug-likeness (QED) is 0.896. The van der Waals surface area contributed by atoms with Crippen LogP contribution in [-0.4, -0.2) is 14.3 Å². The molecule has 1 aliphatic carbocycles. The first-order chi connectivity index (χ1) is 8.88. The van der Waals surface area contributed by atoms with E-state index in [-0.39, 0.29) is 27.4 Å². The summed E-state index contributed by atoms with van der Waals surface area (Å²) in [6, 6.07) is 4.20. The fraction of sp³-hybridized carbons (Fsp3) is 0.417. The van der Waals surface area contributed by atoms with Crippen molar-refractivity contribution in [1.29, 1.82) is 0 Å². The Morgan fingerprint density at radius 3 is 2.53 bits per heavy atom. The number of primary sulfonamides is 1. The van der Waals surface area contributed by atoms with Crippen molar-refractivity contribution in [3.8, 4) is 0 Å². The van der Waals surface area contributed by atoms with Crippen LogP contribution in [0.2, 0.25) is 5.02 Å². The van der Waals surface area contributed by atoms with Gasteiger partial charge in [0.2, 0.25) is 15.9 Å². The second-order valence-corrected chi connectivity index (χ2v) is 6.62. The number of sulfonamides is 1. The molecule has 1 saturated carbocycles. The lowest BCUT2D eigenvalue weighted by Gasteiger charge is -2.13. The molecule has 19 heavy (non-hydrogen) atoms. The molecule has 5 nitrogen and oxygen atoms in total. The minimum atomic E-state index is -3.92. The van der Waals surface area contributed by atoms with Crippen LogP contribution in [-0.2, 0) is 14.8 Å². The second kappa shape index (κ2) is 5.48. The van der Waals surface area contributed by atoms with Gasteiger partial charge in [0.15, 0.2) is 0 Å². The van der Waals surface area contributed by atoms with E-state index < -0.39 is 10.0 Å². The molecule has 0 unspecified atom stereocenters. The largest absolute Gasteiger partial charge is 0.325 e. The number of carbonyl (C=O) groups excluding carboxylic acids is 1. The van der Waals surface area contributed by atoms with Crippen LogP contribution in [0.4, 0.5) is 5.69 Å². The number of nitrogens with one attached hydrogen (secondary N) is 1. The first kappa shape index (κ1) is 14.3. The van der Waals surface area contributed by atoms with Crippen molar-refractivity contribution >= 4 is 33.2 Å². The van der Waals surface area contributed by atoms with Crippen molar-refractivity contribution in [3.63, 3.8) is 0 Å². The summed E-state index contributed by atoms with van der Waals surface area (Å²) in [5.74, 6) is -0.214. The highest BCUT2D eigenvalue weighted by Gasteiger charge is 2.24. The number of rotatable bonds is 3. The highest BCUT2D eigenvalue weighted by Crippen LogP contribution is 2.28. The second-order valence-electron chi connectivity index (χ2n) is 4.66. The highest BCUT2D eigenvalue weighted by atomic mass is 35.5. The lowest BCUT2D eigenvalue weighted by atomic mass is 10.1. The summed E-state index contributed by atoms with van der Waals surface area (Å²) >= 11 is 5.75. The SMILES string of the molecule is NS(=O)(=O)c1cc(Cl)ccc1NC(=O)C1CCCC1. The number of amides is 1. The molecule has 0 heterocycles. The Kier molecular flexibility index (Phi) is 4.13. The predicted octanol–water partition coefficient (Wildman–Crippen LogP) is 2.12. The van der Waals surface area contributed by atoms with Gasteiger partial charge in [-0.2, -0.15) is 0 Å². The summed E-state index contributed by atoms with van der Waals surface area (Å²) in [4.78, 5) is 11.8. The van der Waals surface area contributed by atoms with Gasteiger partial charge in [0.25, 0.3) is 0 Å². The van der Waals surface area contributed by atoms with Gasteiger partial charge >= 0.3 is 0 Å². The third-order valence-corrected chi connectivity index (χ3v) is 4.42. The van der Waals surface area contributed by atoms with E-state index in [1.54, 1.807) is 0 Å². The number of carbonyl (C=O) groups is 1. The van der Waals surface area contributed by atoms with Crippen LogP contribution < -0.4 is 10.5 Å². The third kappa shape index (κ3) is 3.46. The van der Waals surface area contributed by atoms with Gasteiger partial charge in [-0.3, -0.25) is 4.79 Å². The molecule has 7 heteroatoms. The number of benzene rings is 1. The highest BCUT2D eigenvalue weighted by molar-refractivity contribution is 7.89. The van der Waals surface area contributed by atoms with Crippen molar-refractivity contribution in [2.75, 3.05) is 5.32 Å². The lowest BCUT2D eigenvalue weighted by molar-refractivity contribution is -0.119. The van der Waals surface area contributed by atoms with Gasteiger partial charge in [-0.05, 0) is 31.0 Å². The Morgan fingerprint density at radius 1 is 1.32 bits per heavy atom. The van der Waals surface area contributed by atoms with E-state index in [0.717, 1.165) is 25.7 Å². The molecule has 0 aliphatic heterocycles. The minimum Gasteiger partial charge on any atom is -0.325 e. The van der Waals surface area contributed by atoms with Crippen LogP contribution >= 0.6 is 11.6 Å². The van der Waals surface area contributed by atoms with Crippen LogP contribution in [0.5, 0.6) is 0 Å². The fourth-order valence-electron chi connectivity index (χ4n) is 2.26. The first-order valence-corrected chi connectivity index (χ1v) is 7.93. The van der Waals surface area contributed by atoms with E-state index >= 15 is 0 Å². The molecule has 0 bridgehead atoms. The van der Waals surface area contributed by atoms with Crippen LogP contribution in [0, 0.1) is 5.92 Å². The lowest BCUT2D eigenvalue weighted by Crippen LogP contribution is -2.23.